The minimum atomic E-state index is -0.595. The number of nitrogens with one attached hydrogen (secondary N) is 1. The maximum absolute atomic E-state index is 12.5. The molecule has 0 saturated carbocycles. The highest BCUT2D eigenvalue weighted by atomic mass is 16.5. The number of carbonyl (C=O) groups is 1. The predicted molar refractivity (Wildman–Crippen MR) is 80.1 cm³/mol. The third kappa shape index (κ3) is 2.97. The van der Waals surface area contributed by atoms with Gasteiger partial charge in [0.05, 0.1) is 13.2 Å². The molecule has 0 spiro atoms. The van der Waals surface area contributed by atoms with Gasteiger partial charge in [-0.2, -0.15) is 0 Å². The van der Waals surface area contributed by atoms with Gasteiger partial charge in [0, 0.05) is 26.0 Å². The number of ether oxygens (including phenoxy) is 2. The fourth-order valence-corrected chi connectivity index (χ4v) is 3.31. The Morgan fingerprint density at radius 1 is 1.38 bits per heavy atom. The van der Waals surface area contributed by atoms with Gasteiger partial charge in [-0.15, -0.1) is 0 Å². The highest BCUT2D eigenvalue weighted by molar-refractivity contribution is 5.83. The summed E-state index contributed by atoms with van der Waals surface area (Å²) in [7, 11) is 0. The molecule has 1 heterocycles. The molecule has 1 aliphatic heterocycles. The van der Waals surface area contributed by atoms with Crippen molar-refractivity contribution in [2.24, 2.45) is 5.92 Å². The van der Waals surface area contributed by atoms with Gasteiger partial charge in [-0.25, -0.2) is 0 Å². The number of benzene rings is 1. The summed E-state index contributed by atoms with van der Waals surface area (Å²) in [4.78, 5) is 12.5. The Labute approximate surface area is 125 Å². The summed E-state index contributed by atoms with van der Waals surface area (Å²) in [6, 6.07) is 8.28. The van der Waals surface area contributed by atoms with Crippen LogP contribution in [0.25, 0.3) is 0 Å². The molecule has 0 radical (unpaired) electrons. The van der Waals surface area contributed by atoms with Crippen molar-refractivity contribution in [2.45, 2.75) is 31.7 Å². The summed E-state index contributed by atoms with van der Waals surface area (Å²) in [5.41, 5.74) is 1.91. The van der Waals surface area contributed by atoms with E-state index in [-0.39, 0.29) is 5.97 Å². The normalized spacial score (nSPS) is 23.0. The van der Waals surface area contributed by atoms with Crippen LogP contribution in [0, 0.1) is 5.92 Å². The third-order valence-corrected chi connectivity index (χ3v) is 4.52. The zero-order chi connectivity index (χ0) is 14.7. The maximum atomic E-state index is 12.5. The van der Waals surface area contributed by atoms with Crippen molar-refractivity contribution in [2.75, 3.05) is 26.4 Å². The van der Waals surface area contributed by atoms with Crippen LogP contribution in [-0.2, 0) is 27.1 Å². The van der Waals surface area contributed by atoms with Crippen molar-refractivity contribution in [1.29, 1.82) is 0 Å². The summed E-state index contributed by atoms with van der Waals surface area (Å²) in [6.07, 6.45) is 2.50. The van der Waals surface area contributed by atoms with E-state index in [0.717, 1.165) is 39.0 Å². The fraction of sp³-hybridized carbons (Fsp3) is 0.588. The molecule has 114 valence electrons. The fourth-order valence-electron chi connectivity index (χ4n) is 3.31. The maximum Gasteiger partial charge on any atom is 0.327 e. The molecule has 1 N–H and O–H groups in total. The van der Waals surface area contributed by atoms with Crippen molar-refractivity contribution in [3.05, 3.63) is 35.4 Å². The number of carbonyl (C=O) groups excluding carboxylic acids is 1. The van der Waals surface area contributed by atoms with Crippen molar-refractivity contribution in [3.8, 4) is 0 Å². The van der Waals surface area contributed by atoms with Crippen molar-refractivity contribution >= 4 is 5.97 Å². The van der Waals surface area contributed by atoms with Gasteiger partial charge in [-0.1, -0.05) is 24.3 Å². The van der Waals surface area contributed by atoms with E-state index in [1.807, 2.05) is 19.1 Å². The number of hydrogen-bond donors (Lipinski definition) is 1. The van der Waals surface area contributed by atoms with Gasteiger partial charge in [0.25, 0.3) is 0 Å². The Hall–Kier alpha value is -1.39. The van der Waals surface area contributed by atoms with Crippen molar-refractivity contribution in [1.82, 2.24) is 5.32 Å². The second-order valence-corrected chi connectivity index (χ2v) is 6.04. The van der Waals surface area contributed by atoms with E-state index >= 15 is 0 Å². The molecule has 0 aromatic heterocycles. The first-order chi connectivity index (χ1) is 10.2. The highest BCUT2D eigenvalue weighted by Crippen LogP contribution is 2.31. The molecular formula is C17H23NO3. The zero-order valence-corrected chi connectivity index (χ0v) is 12.6. The van der Waals surface area contributed by atoms with Crippen LogP contribution < -0.4 is 5.32 Å². The third-order valence-electron chi connectivity index (χ3n) is 4.52. The van der Waals surface area contributed by atoms with Crippen LogP contribution in [0.1, 0.15) is 24.5 Å². The van der Waals surface area contributed by atoms with E-state index < -0.39 is 5.54 Å². The first kappa shape index (κ1) is 14.5. The molecule has 1 fully saturated rings. The van der Waals surface area contributed by atoms with Gasteiger partial charge in [-0.3, -0.25) is 4.79 Å². The Bertz CT molecular complexity index is 484. The van der Waals surface area contributed by atoms with E-state index in [1.54, 1.807) is 0 Å². The highest BCUT2D eigenvalue weighted by Gasteiger charge is 2.45. The number of rotatable bonds is 5. The summed E-state index contributed by atoms with van der Waals surface area (Å²) in [6.45, 7) is 4.72. The summed E-state index contributed by atoms with van der Waals surface area (Å²) < 4.78 is 10.8. The summed E-state index contributed by atoms with van der Waals surface area (Å²) in [5, 5.41) is 3.51. The van der Waals surface area contributed by atoms with E-state index in [4.69, 9.17) is 9.47 Å². The monoisotopic (exact) mass is 289 g/mol. The van der Waals surface area contributed by atoms with Crippen molar-refractivity contribution < 1.29 is 14.3 Å². The summed E-state index contributed by atoms with van der Waals surface area (Å²) >= 11 is 0. The Kier molecular flexibility index (Phi) is 4.27. The molecule has 0 amide bonds. The number of fused-ring (bicyclic) bond motifs is 1. The molecule has 4 heteroatoms. The lowest BCUT2D eigenvalue weighted by Crippen LogP contribution is -2.55. The van der Waals surface area contributed by atoms with Gasteiger partial charge in [-0.05, 0) is 30.4 Å². The van der Waals surface area contributed by atoms with Crippen LogP contribution in [0.5, 0.6) is 0 Å². The minimum absolute atomic E-state index is 0.125. The van der Waals surface area contributed by atoms with Crippen LogP contribution in [-0.4, -0.2) is 37.9 Å². The smallest absolute Gasteiger partial charge is 0.327 e. The molecule has 1 aromatic carbocycles. The average Bonchev–Trinajstić information content (AvgIpc) is 3.13. The molecular weight excluding hydrogens is 266 g/mol. The quantitative estimate of drug-likeness (QED) is 0.838. The van der Waals surface area contributed by atoms with Crippen molar-refractivity contribution in [3.63, 3.8) is 0 Å². The lowest BCUT2D eigenvalue weighted by Gasteiger charge is -2.29. The molecule has 2 aliphatic rings. The van der Waals surface area contributed by atoms with Crippen LogP contribution in [0.15, 0.2) is 24.3 Å². The first-order valence-corrected chi connectivity index (χ1v) is 7.80. The van der Waals surface area contributed by atoms with E-state index in [2.05, 4.69) is 17.4 Å². The standard InChI is InChI=1S/C17H23NO3/c1-2-21-16(19)17(18-11-13-7-8-20-12-13)9-14-5-3-4-6-15(14)10-17/h3-6,13,18H,2,7-12H2,1H3. The lowest BCUT2D eigenvalue weighted by molar-refractivity contribution is -0.151. The van der Waals surface area contributed by atoms with Crippen LogP contribution >= 0.6 is 0 Å². The molecule has 1 saturated heterocycles. The van der Waals surface area contributed by atoms with Crippen LogP contribution in [0.3, 0.4) is 0 Å². The Balaban J connectivity index is 1.75. The molecule has 4 nitrogen and oxygen atoms in total. The molecule has 21 heavy (non-hydrogen) atoms. The van der Waals surface area contributed by atoms with E-state index in [0.29, 0.717) is 12.5 Å². The topological polar surface area (TPSA) is 47.6 Å². The number of esters is 1. The van der Waals surface area contributed by atoms with Crippen LogP contribution in [0.4, 0.5) is 0 Å². The zero-order valence-electron chi connectivity index (χ0n) is 12.6. The molecule has 1 unspecified atom stereocenters. The molecule has 1 atom stereocenters. The second-order valence-electron chi connectivity index (χ2n) is 6.04. The minimum Gasteiger partial charge on any atom is -0.465 e. The van der Waals surface area contributed by atoms with Gasteiger partial charge < -0.3 is 14.8 Å². The Morgan fingerprint density at radius 3 is 2.67 bits per heavy atom. The van der Waals surface area contributed by atoms with Gasteiger partial charge in [0.15, 0.2) is 0 Å². The molecule has 1 aromatic rings. The van der Waals surface area contributed by atoms with E-state index in [9.17, 15) is 4.79 Å². The Morgan fingerprint density at radius 2 is 2.10 bits per heavy atom. The SMILES string of the molecule is CCOC(=O)C1(NCC2CCOC2)Cc2ccccc2C1. The largest absolute Gasteiger partial charge is 0.465 e. The van der Waals surface area contributed by atoms with Gasteiger partial charge in [0.2, 0.25) is 0 Å². The van der Waals surface area contributed by atoms with Gasteiger partial charge in [0.1, 0.15) is 5.54 Å². The summed E-state index contributed by atoms with van der Waals surface area (Å²) in [5.74, 6) is 0.375. The molecule has 3 rings (SSSR count). The predicted octanol–water partition coefficient (Wildman–Crippen LogP) is 1.71. The molecule has 1 aliphatic carbocycles. The van der Waals surface area contributed by atoms with Gasteiger partial charge >= 0.3 is 5.97 Å². The second kappa shape index (κ2) is 6.16. The average molecular weight is 289 g/mol. The molecule has 0 bridgehead atoms. The lowest BCUT2D eigenvalue weighted by atomic mass is 9.94. The number of hydrogen-bond acceptors (Lipinski definition) is 4. The van der Waals surface area contributed by atoms with Crippen LogP contribution in [0.2, 0.25) is 0 Å². The first-order valence-electron chi connectivity index (χ1n) is 7.80. The van der Waals surface area contributed by atoms with E-state index in [1.165, 1.54) is 11.1 Å².